The van der Waals surface area contributed by atoms with Gasteiger partial charge in [-0.05, 0) is 54.8 Å². The number of likely N-dealkylation sites (tertiary alicyclic amines) is 1. The van der Waals surface area contributed by atoms with E-state index in [1.807, 2.05) is 55.1 Å². The number of nitrogens with zero attached hydrogens (tertiary/aromatic N) is 3. The molecule has 4 heterocycles. The van der Waals surface area contributed by atoms with Crippen LogP contribution in [0.5, 0.6) is 0 Å². The summed E-state index contributed by atoms with van der Waals surface area (Å²) in [6.45, 7) is 5.02. The van der Waals surface area contributed by atoms with Crippen LogP contribution in [0.1, 0.15) is 45.6 Å². The third kappa shape index (κ3) is 4.53. The van der Waals surface area contributed by atoms with Crippen LogP contribution in [-0.2, 0) is 6.54 Å². The number of nitrogens with one attached hydrogen (secondary N) is 3. The number of alkyl halides is 2. The van der Waals surface area contributed by atoms with Crippen LogP contribution >= 0.6 is 0 Å². The van der Waals surface area contributed by atoms with Gasteiger partial charge in [0.1, 0.15) is 0 Å². The van der Waals surface area contributed by atoms with E-state index in [-0.39, 0.29) is 30.6 Å². The van der Waals surface area contributed by atoms with Gasteiger partial charge in [0.05, 0.1) is 24.3 Å². The Labute approximate surface area is 214 Å². The van der Waals surface area contributed by atoms with Crippen molar-refractivity contribution < 1.29 is 13.6 Å². The zero-order chi connectivity index (χ0) is 25.7. The normalized spacial score (nSPS) is 23.1. The number of carbonyl (C=O) groups excluding carboxylic acids is 1. The number of rotatable bonds is 5. The van der Waals surface area contributed by atoms with E-state index in [4.69, 9.17) is 0 Å². The molecule has 0 radical (unpaired) electrons. The number of hydrogen-bond acceptors (Lipinski definition) is 5. The molecule has 0 bridgehead atoms. The Hall–Kier alpha value is -3.56. The van der Waals surface area contributed by atoms with Crippen molar-refractivity contribution in [3.8, 4) is 0 Å². The topological polar surface area (TPSA) is 72.5 Å². The van der Waals surface area contributed by atoms with Crippen LogP contribution in [0.4, 0.5) is 25.0 Å². The number of halogens is 2. The van der Waals surface area contributed by atoms with Gasteiger partial charge in [0.25, 0.3) is 6.43 Å². The number of pyridine rings is 1. The standard InChI is InChI=1S/C28H30F2N6O/c1-16-8-19(9-17(2)31-16)27-21-10-20-12-36(28(37)32-23(20)11-24(21)33-34-27)25-14-35(15-26(29)30)13-22(25)18-6-4-3-5-7-18/h3-11,22,25-27,33-34H,12-15H2,1-2H3,(H,32,37)/t22-,25+,27?/m0/s1. The molecular formula is C28H30F2N6O. The number of aromatic nitrogens is 1. The highest BCUT2D eigenvalue weighted by atomic mass is 19.3. The molecule has 6 rings (SSSR count). The van der Waals surface area contributed by atoms with Crippen molar-refractivity contribution in [1.82, 2.24) is 20.2 Å². The molecule has 3 aliphatic heterocycles. The van der Waals surface area contributed by atoms with E-state index in [2.05, 4.69) is 39.4 Å². The summed E-state index contributed by atoms with van der Waals surface area (Å²) in [6.07, 6.45) is -2.41. The quantitative estimate of drug-likeness (QED) is 0.466. The van der Waals surface area contributed by atoms with E-state index in [9.17, 15) is 13.6 Å². The molecule has 1 saturated heterocycles. The molecule has 2 amide bonds. The van der Waals surface area contributed by atoms with Gasteiger partial charge in [-0.3, -0.25) is 9.88 Å². The Morgan fingerprint density at radius 3 is 2.49 bits per heavy atom. The van der Waals surface area contributed by atoms with Gasteiger partial charge in [0, 0.05) is 48.2 Å². The van der Waals surface area contributed by atoms with Gasteiger partial charge in [-0.2, -0.15) is 0 Å². The van der Waals surface area contributed by atoms with Crippen molar-refractivity contribution in [2.75, 3.05) is 30.4 Å². The zero-order valence-electron chi connectivity index (χ0n) is 20.8. The molecule has 3 atom stereocenters. The highest BCUT2D eigenvalue weighted by Crippen LogP contribution is 2.41. The van der Waals surface area contributed by atoms with Crippen molar-refractivity contribution in [1.29, 1.82) is 0 Å². The van der Waals surface area contributed by atoms with Gasteiger partial charge in [0.15, 0.2) is 0 Å². The van der Waals surface area contributed by atoms with Crippen molar-refractivity contribution in [3.05, 3.63) is 88.2 Å². The smallest absolute Gasteiger partial charge is 0.320 e. The summed E-state index contributed by atoms with van der Waals surface area (Å²) in [7, 11) is 0. The second-order valence-electron chi connectivity index (χ2n) is 10.2. The fourth-order valence-electron chi connectivity index (χ4n) is 6.05. The largest absolute Gasteiger partial charge is 0.322 e. The predicted molar refractivity (Wildman–Crippen MR) is 139 cm³/mol. The summed E-state index contributed by atoms with van der Waals surface area (Å²) < 4.78 is 26.5. The lowest BCUT2D eigenvalue weighted by molar-refractivity contribution is 0.0954. The van der Waals surface area contributed by atoms with Crippen molar-refractivity contribution in [2.45, 2.75) is 44.8 Å². The highest BCUT2D eigenvalue weighted by molar-refractivity contribution is 5.94. The summed E-state index contributed by atoms with van der Waals surface area (Å²) in [6, 6.07) is 17.7. The summed E-state index contributed by atoms with van der Waals surface area (Å²) in [5, 5.41) is 3.06. The van der Waals surface area contributed by atoms with E-state index >= 15 is 0 Å². The number of carbonyl (C=O) groups is 1. The fraction of sp³-hybridized carbons (Fsp3) is 0.357. The Morgan fingerprint density at radius 1 is 1.00 bits per heavy atom. The lowest BCUT2D eigenvalue weighted by atomic mass is 9.91. The number of urea groups is 1. The van der Waals surface area contributed by atoms with Crippen molar-refractivity contribution in [2.24, 2.45) is 0 Å². The number of aryl methyl sites for hydroxylation is 2. The van der Waals surface area contributed by atoms with Crippen LogP contribution < -0.4 is 16.2 Å². The predicted octanol–water partition coefficient (Wildman–Crippen LogP) is 4.80. The molecule has 2 aromatic carbocycles. The van der Waals surface area contributed by atoms with Crippen LogP contribution in [0.25, 0.3) is 0 Å². The Bertz CT molecular complexity index is 1310. The first-order chi connectivity index (χ1) is 17.9. The van der Waals surface area contributed by atoms with Crippen LogP contribution in [0.15, 0.2) is 54.6 Å². The minimum Gasteiger partial charge on any atom is -0.320 e. The zero-order valence-corrected chi connectivity index (χ0v) is 20.8. The summed E-state index contributed by atoms with van der Waals surface area (Å²) in [4.78, 5) is 21.4. The van der Waals surface area contributed by atoms with Crippen molar-refractivity contribution >= 4 is 17.4 Å². The molecule has 0 aliphatic carbocycles. The monoisotopic (exact) mass is 504 g/mol. The molecule has 192 valence electrons. The first-order valence-electron chi connectivity index (χ1n) is 12.6. The molecule has 37 heavy (non-hydrogen) atoms. The third-order valence-electron chi connectivity index (χ3n) is 7.61. The molecule has 1 unspecified atom stereocenters. The van der Waals surface area contributed by atoms with E-state index in [1.54, 1.807) is 4.90 Å². The number of anilines is 2. The van der Waals surface area contributed by atoms with Crippen LogP contribution in [0.2, 0.25) is 0 Å². The average molecular weight is 505 g/mol. The van der Waals surface area contributed by atoms with Gasteiger partial charge in [0.2, 0.25) is 0 Å². The van der Waals surface area contributed by atoms with Crippen LogP contribution in [-0.4, -0.2) is 52.9 Å². The number of hydrogen-bond donors (Lipinski definition) is 3. The molecule has 0 spiro atoms. The molecular weight excluding hydrogens is 474 g/mol. The lowest BCUT2D eigenvalue weighted by Gasteiger charge is -2.37. The molecule has 3 N–H and O–H groups in total. The molecule has 1 fully saturated rings. The van der Waals surface area contributed by atoms with Gasteiger partial charge in [-0.1, -0.05) is 30.3 Å². The summed E-state index contributed by atoms with van der Waals surface area (Å²) in [5.74, 6) is -0.0412. The Kier molecular flexibility index (Phi) is 6.04. The number of hydrazine groups is 1. The van der Waals surface area contributed by atoms with E-state index in [1.165, 1.54) is 0 Å². The minimum absolute atomic E-state index is 0.0412. The number of amides is 2. The van der Waals surface area contributed by atoms with E-state index < -0.39 is 6.43 Å². The molecule has 0 saturated carbocycles. The first kappa shape index (κ1) is 23.8. The van der Waals surface area contributed by atoms with Crippen molar-refractivity contribution in [3.63, 3.8) is 0 Å². The molecule has 1 aromatic heterocycles. The Balaban J connectivity index is 1.32. The maximum atomic E-state index is 13.3. The second kappa shape index (κ2) is 9.39. The van der Waals surface area contributed by atoms with Crippen LogP contribution in [0, 0.1) is 13.8 Å². The van der Waals surface area contributed by atoms with Gasteiger partial charge >= 0.3 is 6.03 Å². The minimum atomic E-state index is -2.41. The number of fused-ring (bicyclic) bond motifs is 2. The fourth-order valence-corrected chi connectivity index (χ4v) is 6.05. The van der Waals surface area contributed by atoms with Gasteiger partial charge in [-0.25, -0.2) is 19.0 Å². The molecule has 3 aromatic rings. The summed E-state index contributed by atoms with van der Waals surface area (Å²) in [5.41, 5.74) is 14.5. The average Bonchev–Trinajstić information content (AvgIpc) is 3.45. The molecule has 9 heteroatoms. The molecule has 7 nitrogen and oxygen atoms in total. The Morgan fingerprint density at radius 2 is 1.76 bits per heavy atom. The SMILES string of the molecule is Cc1cc(C2NNc3cc4c(cc32)CN([C@@H]2CN(CC(F)F)C[C@H]2c2ccccc2)C(=O)N4)cc(C)n1. The maximum absolute atomic E-state index is 13.3. The van der Waals surface area contributed by atoms with Gasteiger partial charge in [-0.15, -0.1) is 0 Å². The molecule has 3 aliphatic rings. The third-order valence-corrected chi connectivity index (χ3v) is 7.61. The maximum Gasteiger partial charge on any atom is 0.322 e. The van der Waals surface area contributed by atoms with Crippen LogP contribution in [0.3, 0.4) is 0 Å². The lowest BCUT2D eigenvalue weighted by Crippen LogP contribution is -2.48. The second-order valence-corrected chi connectivity index (χ2v) is 10.2. The first-order valence-corrected chi connectivity index (χ1v) is 12.6. The van der Waals surface area contributed by atoms with Gasteiger partial charge < -0.3 is 15.6 Å². The highest BCUT2D eigenvalue weighted by Gasteiger charge is 2.42. The summed E-state index contributed by atoms with van der Waals surface area (Å²) >= 11 is 0. The number of benzene rings is 2. The van der Waals surface area contributed by atoms with E-state index in [0.29, 0.717) is 19.6 Å². The van der Waals surface area contributed by atoms with E-state index in [0.717, 1.165) is 45.0 Å².